The Morgan fingerprint density at radius 2 is 1.50 bits per heavy atom. The van der Waals surface area contributed by atoms with Crippen molar-refractivity contribution in [2.45, 2.75) is 20.8 Å². The molecule has 0 aliphatic rings. The molecule has 0 aliphatic heterocycles. The number of benzene rings is 2. The fourth-order valence-corrected chi connectivity index (χ4v) is 3.54. The van der Waals surface area contributed by atoms with Gasteiger partial charge in [-0.05, 0) is 38.0 Å². The maximum atomic E-state index is 3.56. The normalized spacial score (nSPS) is 11.1. The van der Waals surface area contributed by atoms with E-state index in [2.05, 4.69) is 103 Å². The molecular formula is C22H20N2. The molecule has 0 bridgehead atoms. The van der Waals surface area contributed by atoms with Crippen LogP contribution in [0.25, 0.3) is 22.6 Å². The van der Waals surface area contributed by atoms with E-state index in [4.69, 9.17) is 0 Å². The molecule has 118 valence electrons. The van der Waals surface area contributed by atoms with E-state index in [1.807, 2.05) is 0 Å². The first kappa shape index (κ1) is 14.7. The minimum atomic E-state index is 1.07. The molecule has 2 nitrogen and oxygen atoms in total. The zero-order valence-electron chi connectivity index (χ0n) is 14.2. The van der Waals surface area contributed by atoms with Crippen molar-refractivity contribution in [2.75, 3.05) is 0 Å². The second-order valence-corrected chi connectivity index (χ2v) is 6.34. The second kappa shape index (κ2) is 5.64. The van der Waals surface area contributed by atoms with Crippen molar-refractivity contribution in [2.24, 2.45) is 0 Å². The number of aromatic nitrogens is 2. The van der Waals surface area contributed by atoms with E-state index >= 15 is 0 Å². The highest BCUT2D eigenvalue weighted by Crippen LogP contribution is 2.23. The minimum absolute atomic E-state index is 1.07. The number of hydrogen-bond donors (Lipinski definition) is 0. The second-order valence-electron chi connectivity index (χ2n) is 6.34. The standard InChI is InChI=1S/C22H20N2/c1-16-13-17(2)21(18(3)14-16)24-15-20-11-7-8-12-23(20)22(24)19-9-5-4-6-10-19/h4-14H,1-3H3. The van der Waals surface area contributed by atoms with Gasteiger partial charge >= 0.3 is 0 Å². The lowest BCUT2D eigenvalue weighted by Gasteiger charge is -2.15. The molecule has 0 amide bonds. The van der Waals surface area contributed by atoms with Crippen LogP contribution in [-0.4, -0.2) is 4.40 Å². The molecule has 2 aromatic heterocycles. The molecule has 0 saturated heterocycles. The van der Waals surface area contributed by atoms with Crippen LogP contribution in [0.4, 0.5) is 0 Å². The Hall–Kier alpha value is -2.87. The average molecular weight is 312 g/mol. The first-order valence-electron chi connectivity index (χ1n) is 8.23. The third-order valence-corrected chi connectivity index (χ3v) is 4.42. The summed E-state index contributed by atoms with van der Waals surface area (Å²) in [6.45, 7) is 6.49. The Morgan fingerprint density at radius 3 is 2.21 bits per heavy atom. The van der Waals surface area contributed by atoms with E-state index in [0.717, 1.165) is 11.3 Å². The van der Waals surface area contributed by atoms with Crippen molar-refractivity contribution in [1.82, 2.24) is 4.40 Å². The molecule has 24 heavy (non-hydrogen) atoms. The molecule has 2 aromatic carbocycles. The SMILES string of the molecule is Cc1cc(C)c(-[n+]2[c-]c3ccccn3c2-c2ccccc2)c(C)c1. The third kappa shape index (κ3) is 2.31. The molecule has 4 aromatic rings. The van der Waals surface area contributed by atoms with Crippen LogP contribution in [0, 0.1) is 27.0 Å². The minimum Gasteiger partial charge on any atom is -0.313 e. The van der Waals surface area contributed by atoms with Crippen LogP contribution in [0.3, 0.4) is 0 Å². The Labute approximate surface area is 142 Å². The quantitative estimate of drug-likeness (QED) is 0.377. The molecule has 0 saturated carbocycles. The molecule has 0 N–H and O–H groups in total. The van der Waals surface area contributed by atoms with Gasteiger partial charge in [0.05, 0.1) is 23.6 Å². The van der Waals surface area contributed by atoms with Crippen molar-refractivity contribution in [1.29, 1.82) is 0 Å². The molecule has 0 atom stereocenters. The van der Waals surface area contributed by atoms with E-state index in [1.165, 1.54) is 27.9 Å². The highest BCUT2D eigenvalue weighted by molar-refractivity contribution is 5.60. The summed E-state index contributed by atoms with van der Waals surface area (Å²) in [6, 6.07) is 21.2. The lowest BCUT2D eigenvalue weighted by Crippen LogP contribution is -2.34. The Kier molecular flexibility index (Phi) is 3.46. The van der Waals surface area contributed by atoms with Crippen molar-refractivity contribution in [3.05, 3.63) is 89.7 Å². The van der Waals surface area contributed by atoms with Gasteiger partial charge in [-0.25, -0.2) is 0 Å². The molecule has 0 aliphatic carbocycles. The summed E-state index contributed by atoms with van der Waals surface area (Å²) in [5.41, 5.74) is 7.28. The molecule has 2 heterocycles. The van der Waals surface area contributed by atoms with Crippen LogP contribution >= 0.6 is 0 Å². The molecule has 0 unspecified atom stereocenters. The summed E-state index contributed by atoms with van der Waals surface area (Å²) in [6.07, 6.45) is 5.66. The highest BCUT2D eigenvalue weighted by atomic mass is 15.1. The van der Waals surface area contributed by atoms with Crippen molar-refractivity contribution in [3.63, 3.8) is 0 Å². The van der Waals surface area contributed by atoms with Crippen LogP contribution in [0.15, 0.2) is 66.9 Å². The van der Waals surface area contributed by atoms with Gasteiger partial charge in [-0.15, -0.1) is 0 Å². The van der Waals surface area contributed by atoms with Gasteiger partial charge in [-0.2, -0.15) is 0 Å². The first-order valence-corrected chi connectivity index (χ1v) is 8.23. The number of pyridine rings is 1. The van der Waals surface area contributed by atoms with Gasteiger partial charge in [-0.1, -0.05) is 60.2 Å². The molecule has 0 fully saturated rings. The number of nitrogens with zero attached hydrogens (tertiary/aromatic N) is 2. The van der Waals surface area contributed by atoms with Crippen molar-refractivity contribution >= 4 is 5.52 Å². The van der Waals surface area contributed by atoms with Gasteiger partial charge in [0, 0.05) is 5.56 Å². The fraction of sp³-hybridized carbons (Fsp3) is 0.136. The number of rotatable bonds is 2. The van der Waals surface area contributed by atoms with Crippen LogP contribution in [0.2, 0.25) is 0 Å². The third-order valence-electron chi connectivity index (χ3n) is 4.42. The summed E-state index contributed by atoms with van der Waals surface area (Å²) in [5.74, 6) is 1.13. The van der Waals surface area contributed by atoms with Gasteiger partial charge in [0.15, 0.2) is 0 Å². The Balaban J connectivity index is 2.10. The maximum Gasteiger partial charge on any atom is 0.218 e. The van der Waals surface area contributed by atoms with Gasteiger partial charge in [0.25, 0.3) is 0 Å². The summed E-state index contributed by atoms with van der Waals surface area (Å²) in [5, 5.41) is 0. The van der Waals surface area contributed by atoms with Crippen molar-refractivity contribution in [3.8, 4) is 17.1 Å². The summed E-state index contributed by atoms with van der Waals surface area (Å²) < 4.78 is 4.41. The monoisotopic (exact) mass is 312 g/mol. The van der Waals surface area contributed by atoms with Crippen LogP contribution < -0.4 is 4.57 Å². The topological polar surface area (TPSA) is 8.29 Å². The van der Waals surface area contributed by atoms with Gasteiger partial charge in [0.1, 0.15) is 0 Å². The summed E-state index contributed by atoms with van der Waals surface area (Å²) in [7, 11) is 0. The van der Waals surface area contributed by atoms with Crippen molar-refractivity contribution < 1.29 is 4.57 Å². The predicted octanol–water partition coefficient (Wildman–Crippen LogP) is 4.61. The van der Waals surface area contributed by atoms with Crippen LogP contribution in [0.5, 0.6) is 0 Å². The highest BCUT2D eigenvalue weighted by Gasteiger charge is 2.17. The predicted molar refractivity (Wildman–Crippen MR) is 97.4 cm³/mol. The van der Waals surface area contributed by atoms with Crippen LogP contribution in [-0.2, 0) is 0 Å². The average Bonchev–Trinajstić information content (AvgIpc) is 2.93. The van der Waals surface area contributed by atoms with E-state index in [0.29, 0.717) is 0 Å². The zero-order chi connectivity index (χ0) is 16.7. The molecule has 4 rings (SSSR count). The van der Waals surface area contributed by atoms with E-state index < -0.39 is 0 Å². The van der Waals surface area contributed by atoms with Gasteiger partial charge < -0.3 is 4.57 Å². The number of hydrogen-bond acceptors (Lipinski definition) is 0. The Morgan fingerprint density at radius 1 is 0.833 bits per heavy atom. The number of aryl methyl sites for hydroxylation is 3. The van der Waals surface area contributed by atoms with E-state index in [-0.39, 0.29) is 0 Å². The summed E-state index contributed by atoms with van der Waals surface area (Å²) in [4.78, 5) is 0. The van der Waals surface area contributed by atoms with Gasteiger partial charge in [0.2, 0.25) is 5.82 Å². The lowest BCUT2D eigenvalue weighted by atomic mass is 10.0. The lowest BCUT2D eigenvalue weighted by molar-refractivity contribution is -0.587. The van der Waals surface area contributed by atoms with Crippen LogP contribution in [0.1, 0.15) is 16.7 Å². The smallest absolute Gasteiger partial charge is 0.218 e. The maximum absolute atomic E-state index is 3.56. The van der Waals surface area contributed by atoms with E-state index in [9.17, 15) is 0 Å². The molecule has 0 spiro atoms. The molecule has 2 heteroatoms. The fourth-order valence-electron chi connectivity index (χ4n) is 3.54. The van der Waals surface area contributed by atoms with E-state index in [1.54, 1.807) is 0 Å². The van der Waals surface area contributed by atoms with Gasteiger partial charge in [-0.3, -0.25) is 4.40 Å². The zero-order valence-corrected chi connectivity index (χ0v) is 14.2. The molecule has 0 radical (unpaired) electrons. The largest absolute Gasteiger partial charge is 0.313 e. The number of imidazole rings is 1. The Bertz CT molecular complexity index is 1000. The molecular weight excluding hydrogens is 292 g/mol. The first-order chi connectivity index (χ1) is 11.6. The number of fused-ring (bicyclic) bond motifs is 1. The summed E-state index contributed by atoms with van der Waals surface area (Å²) >= 11 is 0.